The van der Waals surface area contributed by atoms with Crippen molar-refractivity contribution in [1.82, 2.24) is 0 Å². The summed E-state index contributed by atoms with van der Waals surface area (Å²) in [4.78, 5) is 11.4. The minimum atomic E-state index is -3.76. The summed E-state index contributed by atoms with van der Waals surface area (Å²) in [5.74, 6) is -0.294. The van der Waals surface area contributed by atoms with Gasteiger partial charge in [-0.05, 0) is 37.6 Å². The number of amides is 1. The number of nitrogens with one attached hydrogen (secondary N) is 1. The van der Waals surface area contributed by atoms with Crippen LogP contribution in [0.3, 0.4) is 0 Å². The molecule has 1 rings (SSSR count). The maximum atomic E-state index is 11.4. The monoisotopic (exact) mass is 291 g/mol. The molecule has 0 fully saturated rings. The van der Waals surface area contributed by atoms with Crippen molar-refractivity contribution in [2.75, 3.05) is 18.5 Å². The second kappa shape index (κ2) is 6.17. The highest BCUT2D eigenvalue weighted by Crippen LogP contribution is 2.22. The minimum absolute atomic E-state index is 0.0342. The van der Waals surface area contributed by atoms with E-state index in [9.17, 15) is 13.2 Å². The summed E-state index contributed by atoms with van der Waals surface area (Å²) < 4.78 is 27.3. The van der Waals surface area contributed by atoms with Crippen LogP contribution in [0.4, 0.5) is 5.69 Å². The van der Waals surface area contributed by atoms with E-state index in [1.807, 2.05) is 0 Å². The van der Waals surface area contributed by atoms with Crippen LogP contribution in [-0.2, 0) is 18.6 Å². The fraction of sp³-hybridized carbons (Fsp3) is 0.364. The van der Waals surface area contributed by atoms with Crippen LogP contribution in [0.25, 0.3) is 0 Å². The van der Waals surface area contributed by atoms with E-state index in [1.165, 1.54) is 12.1 Å². The maximum Gasteiger partial charge on any atom is 0.261 e. The quantitative estimate of drug-likeness (QED) is 0.841. The molecule has 5 nitrogen and oxygen atoms in total. The molecule has 1 amide bonds. The SMILES string of the molecule is CCOCC(=O)Nc1ccc(S(=O)(=O)Cl)c(C)c1. The van der Waals surface area contributed by atoms with Gasteiger partial charge in [0.25, 0.3) is 9.05 Å². The number of carbonyl (C=O) groups excluding carboxylic acids is 1. The predicted octanol–water partition coefficient (Wildman–Crippen LogP) is 1.90. The zero-order chi connectivity index (χ0) is 13.8. The first kappa shape index (κ1) is 14.9. The molecule has 0 bridgehead atoms. The molecular weight excluding hydrogens is 278 g/mol. The molecule has 0 unspecified atom stereocenters. The van der Waals surface area contributed by atoms with E-state index in [1.54, 1.807) is 19.9 Å². The Morgan fingerprint density at radius 3 is 2.61 bits per heavy atom. The van der Waals surface area contributed by atoms with Crippen molar-refractivity contribution >= 4 is 31.3 Å². The van der Waals surface area contributed by atoms with Gasteiger partial charge in [-0.25, -0.2) is 8.42 Å². The molecule has 0 spiro atoms. The molecule has 0 atom stereocenters. The third kappa shape index (κ3) is 4.29. The van der Waals surface area contributed by atoms with Crippen molar-refractivity contribution in [3.05, 3.63) is 23.8 Å². The smallest absolute Gasteiger partial charge is 0.261 e. The number of rotatable bonds is 5. The molecule has 0 saturated heterocycles. The molecule has 1 aromatic rings. The van der Waals surface area contributed by atoms with Gasteiger partial charge in [-0.2, -0.15) is 0 Å². The molecule has 18 heavy (non-hydrogen) atoms. The molecule has 0 saturated carbocycles. The predicted molar refractivity (Wildman–Crippen MR) is 69.3 cm³/mol. The van der Waals surface area contributed by atoms with Gasteiger partial charge in [0.15, 0.2) is 0 Å². The van der Waals surface area contributed by atoms with Crippen molar-refractivity contribution in [2.24, 2.45) is 0 Å². The van der Waals surface area contributed by atoms with E-state index in [4.69, 9.17) is 15.4 Å². The number of aryl methyl sites for hydroxylation is 1. The van der Waals surface area contributed by atoms with Crippen LogP contribution in [0.15, 0.2) is 23.1 Å². The summed E-state index contributed by atoms with van der Waals surface area (Å²) in [6.45, 7) is 3.81. The third-order valence-corrected chi connectivity index (χ3v) is 3.64. The largest absolute Gasteiger partial charge is 0.372 e. The molecule has 100 valence electrons. The number of carbonyl (C=O) groups is 1. The Balaban J connectivity index is 2.82. The number of benzene rings is 1. The number of hydrogen-bond acceptors (Lipinski definition) is 4. The molecule has 0 aliphatic heterocycles. The van der Waals surface area contributed by atoms with Gasteiger partial charge in [-0.1, -0.05) is 0 Å². The van der Waals surface area contributed by atoms with Crippen LogP contribution in [0.5, 0.6) is 0 Å². The van der Waals surface area contributed by atoms with Crippen LogP contribution in [-0.4, -0.2) is 27.5 Å². The van der Waals surface area contributed by atoms with E-state index in [0.717, 1.165) is 0 Å². The van der Waals surface area contributed by atoms with Crippen LogP contribution < -0.4 is 5.32 Å². The first-order chi connectivity index (χ1) is 8.34. The summed E-state index contributed by atoms with van der Waals surface area (Å²) >= 11 is 0. The Labute approximate surface area is 111 Å². The lowest BCUT2D eigenvalue weighted by Gasteiger charge is -2.08. The highest BCUT2D eigenvalue weighted by molar-refractivity contribution is 8.13. The molecule has 0 aliphatic carbocycles. The number of anilines is 1. The lowest BCUT2D eigenvalue weighted by atomic mass is 10.2. The third-order valence-electron chi connectivity index (χ3n) is 2.16. The molecule has 0 aromatic heterocycles. The van der Waals surface area contributed by atoms with E-state index in [0.29, 0.717) is 17.9 Å². The summed E-state index contributed by atoms with van der Waals surface area (Å²) in [6, 6.07) is 4.37. The second-order valence-corrected chi connectivity index (χ2v) is 6.14. The van der Waals surface area contributed by atoms with Gasteiger partial charge >= 0.3 is 0 Å². The van der Waals surface area contributed by atoms with Crippen molar-refractivity contribution in [3.8, 4) is 0 Å². The van der Waals surface area contributed by atoms with Crippen LogP contribution in [0.2, 0.25) is 0 Å². The van der Waals surface area contributed by atoms with Gasteiger partial charge in [0.1, 0.15) is 6.61 Å². The molecule has 0 aliphatic rings. The fourth-order valence-corrected chi connectivity index (χ4v) is 2.59. The van der Waals surface area contributed by atoms with Gasteiger partial charge in [0.2, 0.25) is 5.91 Å². The topological polar surface area (TPSA) is 72.5 Å². The first-order valence-electron chi connectivity index (χ1n) is 5.27. The highest BCUT2D eigenvalue weighted by atomic mass is 35.7. The van der Waals surface area contributed by atoms with Gasteiger partial charge in [-0.3, -0.25) is 4.79 Å². The average Bonchev–Trinajstić information content (AvgIpc) is 2.24. The Morgan fingerprint density at radius 1 is 1.44 bits per heavy atom. The van der Waals surface area contributed by atoms with Gasteiger partial charge in [0.05, 0.1) is 4.90 Å². The Morgan fingerprint density at radius 2 is 2.11 bits per heavy atom. The zero-order valence-electron chi connectivity index (χ0n) is 10.1. The van der Waals surface area contributed by atoms with E-state index >= 15 is 0 Å². The Kier molecular flexibility index (Phi) is 5.13. The summed E-state index contributed by atoms with van der Waals surface area (Å²) in [5, 5.41) is 2.59. The van der Waals surface area contributed by atoms with Crippen molar-refractivity contribution < 1.29 is 17.9 Å². The van der Waals surface area contributed by atoms with Crippen LogP contribution >= 0.6 is 10.7 Å². The maximum absolute atomic E-state index is 11.4. The van der Waals surface area contributed by atoms with Gasteiger partial charge in [0, 0.05) is 23.0 Å². The van der Waals surface area contributed by atoms with Crippen LogP contribution in [0, 0.1) is 6.92 Å². The Hall–Kier alpha value is -1.11. The molecule has 0 radical (unpaired) electrons. The normalized spacial score (nSPS) is 11.3. The highest BCUT2D eigenvalue weighted by Gasteiger charge is 2.13. The average molecular weight is 292 g/mol. The molecule has 1 N–H and O–H groups in total. The molecule has 1 aromatic carbocycles. The Bertz CT molecular complexity index is 542. The van der Waals surface area contributed by atoms with Crippen molar-refractivity contribution in [3.63, 3.8) is 0 Å². The lowest BCUT2D eigenvalue weighted by molar-refractivity contribution is -0.120. The van der Waals surface area contributed by atoms with E-state index < -0.39 is 9.05 Å². The number of hydrogen-bond donors (Lipinski definition) is 1. The van der Waals surface area contributed by atoms with Gasteiger partial charge < -0.3 is 10.1 Å². The van der Waals surface area contributed by atoms with Crippen LogP contribution in [0.1, 0.15) is 12.5 Å². The lowest BCUT2D eigenvalue weighted by Crippen LogP contribution is -2.18. The standard InChI is InChI=1S/C11H14ClNO4S/c1-3-17-7-11(14)13-9-4-5-10(8(2)6-9)18(12,15)16/h4-6H,3,7H2,1-2H3,(H,13,14). The number of halogens is 1. The fourth-order valence-electron chi connectivity index (χ4n) is 1.39. The summed E-state index contributed by atoms with van der Waals surface area (Å²) in [7, 11) is 1.50. The minimum Gasteiger partial charge on any atom is -0.372 e. The van der Waals surface area contributed by atoms with E-state index in [-0.39, 0.29) is 17.4 Å². The van der Waals surface area contributed by atoms with Gasteiger partial charge in [-0.15, -0.1) is 0 Å². The number of ether oxygens (including phenoxy) is 1. The molecule has 0 heterocycles. The summed E-state index contributed by atoms with van der Waals surface area (Å²) in [6.07, 6.45) is 0. The first-order valence-corrected chi connectivity index (χ1v) is 7.58. The summed E-state index contributed by atoms with van der Waals surface area (Å²) in [5.41, 5.74) is 0.973. The zero-order valence-corrected chi connectivity index (χ0v) is 11.6. The molecule has 7 heteroatoms. The van der Waals surface area contributed by atoms with E-state index in [2.05, 4.69) is 5.32 Å². The second-order valence-electron chi connectivity index (χ2n) is 3.60. The van der Waals surface area contributed by atoms with Crippen molar-refractivity contribution in [2.45, 2.75) is 18.7 Å². The van der Waals surface area contributed by atoms with Crippen molar-refractivity contribution in [1.29, 1.82) is 0 Å². The molecular formula is C11H14ClNO4S.